The normalized spacial score (nSPS) is 17.6. The third kappa shape index (κ3) is 7.68. The van der Waals surface area contributed by atoms with Crippen molar-refractivity contribution in [2.45, 2.75) is 136 Å². The minimum absolute atomic E-state index is 0.0362. The van der Waals surface area contributed by atoms with Crippen LogP contribution in [0.2, 0.25) is 0 Å². The Hall–Kier alpha value is -3.27. The number of hydrogen-bond donors (Lipinski definition) is 2. The molecular weight excluding hydrogens is 540 g/mol. The maximum atomic E-state index is 14.5. The van der Waals surface area contributed by atoms with E-state index >= 15 is 0 Å². The first-order chi connectivity index (χ1) is 20.6. The molecule has 0 aliphatic heterocycles. The Morgan fingerprint density at radius 1 is 0.795 bits per heavy atom. The summed E-state index contributed by atoms with van der Waals surface area (Å²) in [6.07, 6.45) is 4.06. The Kier molecular flexibility index (Phi) is 10.2. The van der Waals surface area contributed by atoms with Crippen molar-refractivity contribution in [1.82, 2.24) is 4.90 Å². The molecule has 0 spiro atoms. The van der Waals surface area contributed by atoms with Crippen molar-refractivity contribution in [1.29, 1.82) is 0 Å². The van der Waals surface area contributed by atoms with E-state index in [0.29, 0.717) is 30.0 Å². The van der Waals surface area contributed by atoms with Gasteiger partial charge < -0.3 is 15.3 Å². The number of nitrogens with one attached hydrogen (secondary N) is 1. The number of anilines is 1. The molecule has 0 atom stereocenters. The molecule has 0 unspecified atom stereocenters. The highest BCUT2D eigenvalue weighted by Gasteiger charge is 2.32. The van der Waals surface area contributed by atoms with Crippen LogP contribution in [0.3, 0.4) is 0 Å². The highest BCUT2D eigenvalue weighted by Crippen LogP contribution is 2.41. The zero-order valence-corrected chi connectivity index (χ0v) is 28.9. The molecule has 44 heavy (non-hydrogen) atoms. The van der Waals surface area contributed by atoms with Crippen molar-refractivity contribution in [2.75, 3.05) is 5.32 Å². The van der Waals surface area contributed by atoms with E-state index in [1.54, 1.807) is 0 Å². The number of phenolic OH excluding ortho intramolecular Hbond substituents is 1. The van der Waals surface area contributed by atoms with Crippen molar-refractivity contribution >= 4 is 11.7 Å². The summed E-state index contributed by atoms with van der Waals surface area (Å²) in [5.41, 5.74) is 7.17. The van der Waals surface area contributed by atoms with Crippen LogP contribution >= 0.6 is 0 Å². The lowest BCUT2D eigenvalue weighted by Crippen LogP contribution is -2.44. The first-order valence-corrected chi connectivity index (χ1v) is 16.7. The molecule has 0 aromatic heterocycles. The molecule has 238 valence electrons. The van der Waals surface area contributed by atoms with Crippen molar-refractivity contribution in [2.24, 2.45) is 0 Å². The average molecular weight is 597 g/mol. The highest BCUT2D eigenvalue weighted by atomic mass is 16.3. The van der Waals surface area contributed by atoms with Crippen LogP contribution in [0.15, 0.2) is 60.7 Å². The summed E-state index contributed by atoms with van der Waals surface area (Å²) in [5, 5.41) is 14.8. The summed E-state index contributed by atoms with van der Waals surface area (Å²) in [6.45, 7) is 22.1. The average Bonchev–Trinajstić information content (AvgIpc) is 2.95. The van der Waals surface area contributed by atoms with Gasteiger partial charge in [0.05, 0.1) is 0 Å². The van der Waals surface area contributed by atoms with Crippen LogP contribution in [0.25, 0.3) is 0 Å². The molecule has 1 aliphatic carbocycles. The van der Waals surface area contributed by atoms with Crippen LogP contribution in [0.4, 0.5) is 10.5 Å². The summed E-state index contributed by atoms with van der Waals surface area (Å²) >= 11 is 0. The van der Waals surface area contributed by atoms with Crippen LogP contribution < -0.4 is 5.32 Å². The van der Waals surface area contributed by atoms with E-state index in [9.17, 15) is 9.90 Å². The standard InChI is InChI=1S/C40H56N2O2/c1-26(2)32-17-14-18-33(27(3)4)36(32)41-38(44)42(31-21-19-30(20-22-31)29-15-12-11-13-16-29)25-28-23-34(39(5,6)7)37(43)35(24-28)40(8,9)10/h11-18,23-24,26-27,30-31,43H,19-22,25H2,1-10H3,(H,41,44)/t30-,31-. The Bertz CT molecular complexity index is 1360. The third-order valence-electron chi connectivity index (χ3n) is 9.41. The van der Waals surface area contributed by atoms with Crippen LogP contribution in [0.1, 0.15) is 146 Å². The van der Waals surface area contributed by atoms with E-state index in [1.807, 2.05) is 0 Å². The summed E-state index contributed by atoms with van der Waals surface area (Å²) in [5.74, 6) is 1.49. The van der Waals surface area contributed by atoms with Gasteiger partial charge in [0.1, 0.15) is 5.75 Å². The molecular formula is C40H56N2O2. The predicted molar refractivity (Wildman–Crippen MR) is 186 cm³/mol. The molecule has 4 nitrogen and oxygen atoms in total. The number of carbonyl (C=O) groups excluding carboxylic acids is 1. The molecule has 1 saturated carbocycles. The number of urea groups is 1. The zero-order valence-electron chi connectivity index (χ0n) is 28.9. The number of hydrogen-bond acceptors (Lipinski definition) is 2. The molecule has 3 aromatic carbocycles. The van der Waals surface area contributed by atoms with Gasteiger partial charge >= 0.3 is 6.03 Å². The third-order valence-corrected chi connectivity index (χ3v) is 9.41. The van der Waals surface area contributed by atoms with E-state index in [0.717, 1.165) is 48.1 Å². The van der Waals surface area contributed by atoms with Gasteiger partial charge in [0.15, 0.2) is 0 Å². The summed E-state index contributed by atoms with van der Waals surface area (Å²) in [6, 6.07) is 21.6. The lowest BCUT2D eigenvalue weighted by atomic mass is 9.78. The van der Waals surface area contributed by atoms with E-state index in [-0.39, 0.29) is 22.9 Å². The topological polar surface area (TPSA) is 52.6 Å². The van der Waals surface area contributed by atoms with Gasteiger partial charge in [0.25, 0.3) is 0 Å². The fraction of sp³-hybridized carbons (Fsp3) is 0.525. The Morgan fingerprint density at radius 2 is 1.30 bits per heavy atom. The van der Waals surface area contributed by atoms with Gasteiger partial charge in [-0.25, -0.2) is 4.79 Å². The fourth-order valence-corrected chi connectivity index (χ4v) is 6.81. The van der Waals surface area contributed by atoms with E-state index in [4.69, 9.17) is 0 Å². The number of aromatic hydroxyl groups is 1. The minimum Gasteiger partial charge on any atom is -0.507 e. The van der Waals surface area contributed by atoms with Gasteiger partial charge in [0.2, 0.25) is 0 Å². The number of rotatable bonds is 7. The molecule has 0 radical (unpaired) electrons. The second-order valence-electron chi connectivity index (χ2n) is 15.6. The summed E-state index contributed by atoms with van der Waals surface area (Å²) in [7, 11) is 0. The summed E-state index contributed by atoms with van der Waals surface area (Å²) < 4.78 is 0. The molecule has 0 saturated heterocycles. The minimum atomic E-state index is -0.233. The fourth-order valence-electron chi connectivity index (χ4n) is 6.81. The van der Waals surface area contributed by atoms with Crippen molar-refractivity contribution in [3.63, 3.8) is 0 Å². The second kappa shape index (κ2) is 13.4. The molecule has 0 heterocycles. The Balaban J connectivity index is 1.74. The molecule has 0 bridgehead atoms. The first kappa shape index (κ1) is 33.6. The van der Waals surface area contributed by atoms with Crippen molar-refractivity contribution in [3.05, 3.63) is 94.0 Å². The number of benzene rings is 3. The van der Waals surface area contributed by atoms with Gasteiger partial charge in [-0.05, 0) is 99.8 Å². The molecule has 1 aliphatic rings. The maximum Gasteiger partial charge on any atom is 0.322 e. The van der Waals surface area contributed by atoms with E-state index < -0.39 is 0 Å². The number of para-hydroxylation sites is 1. The molecule has 2 N–H and O–H groups in total. The molecule has 4 heteroatoms. The predicted octanol–water partition coefficient (Wildman–Crippen LogP) is 11.0. The van der Waals surface area contributed by atoms with Crippen LogP contribution in [-0.4, -0.2) is 22.1 Å². The first-order valence-electron chi connectivity index (χ1n) is 16.7. The largest absolute Gasteiger partial charge is 0.507 e. The second-order valence-corrected chi connectivity index (χ2v) is 15.6. The lowest BCUT2D eigenvalue weighted by molar-refractivity contribution is 0.158. The van der Waals surface area contributed by atoms with Crippen LogP contribution in [0, 0.1) is 0 Å². The molecule has 4 rings (SSSR count). The van der Waals surface area contributed by atoms with Crippen molar-refractivity contribution < 1.29 is 9.90 Å². The van der Waals surface area contributed by atoms with Crippen LogP contribution in [-0.2, 0) is 17.4 Å². The number of phenols is 1. The zero-order chi connectivity index (χ0) is 32.4. The maximum absolute atomic E-state index is 14.5. The van der Waals surface area contributed by atoms with Gasteiger partial charge in [0, 0.05) is 18.3 Å². The molecule has 2 amide bonds. The van der Waals surface area contributed by atoms with Crippen molar-refractivity contribution in [3.8, 4) is 5.75 Å². The van der Waals surface area contributed by atoms with Gasteiger partial charge in [-0.3, -0.25) is 0 Å². The van der Waals surface area contributed by atoms with Gasteiger partial charge in [-0.15, -0.1) is 0 Å². The Labute approximate surface area is 267 Å². The monoisotopic (exact) mass is 596 g/mol. The molecule has 3 aromatic rings. The van der Waals surface area contributed by atoms with Gasteiger partial charge in [-0.1, -0.05) is 118 Å². The lowest BCUT2D eigenvalue weighted by Gasteiger charge is -2.38. The number of carbonyl (C=O) groups is 1. The SMILES string of the molecule is CC(C)c1cccc(C(C)C)c1NC(=O)N(Cc1cc(C(C)(C)C)c(O)c(C(C)(C)C)c1)[C@H]1CC[C@H](c2ccccc2)CC1. The summed E-state index contributed by atoms with van der Waals surface area (Å²) in [4.78, 5) is 16.6. The quantitative estimate of drug-likeness (QED) is 0.285. The number of nitrogens with zero attached hydrogens (tertiary/aromatic N) is 1. The van der Waals surface area contributed by atoms with Crippen LogP contribution in [0.5, 0.6) is 5.75 Å². The number of amides is 2. The van der Waals surface area contributed by atoms with Gasteiger partial charge in [-0.2, -0.15) is 0 Å². The smallest absolute Gasteiger partial charge is 0.322 e. The molecule has 1 fully saturated rings. The van der Waals surface area contributed by atoms with E-state index in [2.05, 4.69) is 140 Å². The Morgan fingerprint density at radius 3 is 1.75 bits per heavy atom. The van der Waals surface area contributed by atoms with E-state index in [1.165, 1.54) is 16.7 Å². The highest BCUT2D eigenvalue weighted by molar-refractivity contribution is 5.91.